The van der Waals surface area contributed by atoms with Gasteiger partial charge < -0.3 is 0 Å². The van der Waals surface area contributed by atoms with E-state index in [1.54, 1.807) is 0 Å². The van der Waals surface area contributed by atoms with Crippen LogP contribution in [0.5, 0.6) is 0 Å². The predicted octanol–water partition coefficient (Wildman–Crippen LogP) is 1.31. The van der Waals surface area contributed by atoms with Gasteiger partial charge in [0.1, 0.15) is 0 Å². The Morgan fingerprint density at radius 2 is 2.00 bits per heavy atom. The summed E-state index contributed by atoms with van der Waals surface area (Å²) in [4.78, 5) is 0. The van der Waals surface area contributed by atoms with Gasteiger partial charge in [0.15, 0.2) is 0 Å². The van der Waals surface area contributed by atoms with Crippen molar-refractivity contribution in [1.29, 1.82) is 0 Å². The summed E-state index contributed by atoms with van der Waals surface area (Å²) in [5.41, 5.74) is 2.80. The first-order valence-corrected chi connectivity index (χ1v) is 5.50. The molecule has 1 rings (SSSR count). The van der Waals surface area contributed by atoms with Crippen LogP contribution in [0.1, 0.15) is 0 Å². The van der Waals surface area contributed by atoms with Gasteiger partial charge in [-0.1, -0.05) is 0 Å². The summed E-state index contributed by atoms with van der Waals surface area (Å²) >= 11 is -0.137. The Morgan fingerprint density at radius 1 is 1.30 bits per heavy atom. The molecule has 1 aromatic rings. The van der Waals surface area contributed by atoms with E-state index in [4.69, 9.17) is 0 Å². The van der Waals surface area contributed by atoms with E-state index in [1.807, 2.05) is 6.07 Å². The van der Waals surface area contributed by atoms with Crippen molar-refractivity contribution in [1.82, 2.24) is 0 Å². The fourth-order valence-electron chi connectivity index (χ4n) is 0.609. The maximum atomic E-state index is 3.53. The van der Waals surface area contributed by atoms with Crippen LogP contribution >= 0.6 is 0 Å². The van der Waals surface area contributed by atoms with Crippen LogP contribution in [-0.4, -0.2) is 20.9 Å². The second kappa shape index (κ2) is 4.36. The minimum atomic E-state index is -0.137. The van der Waals surface area contributed by atoms with E-state index in [2.05, 4.69) is 40.7 Å². The summed E-state index contributed by atoms with van der Waals surface area (Å²) < 4.78 is 3.49. The third kappa shape index (κ3) is 2.42. The van der Waals surface area contributed by atoms with E-state index >= 15 is 0 Å². The SMILES string of the molecule is C=C=C[Te]c1ccccc1. The Hall–Kier alpha value is -0.470. The van der Waals surface area contributed by atoms with Crippen molar-refractivity contribution in [3.63, 3.8) is 0 Å². The summed E-state index contributed by atoms with van der Waals surface area (Å²) in [5, 5.41) is 0. The topological polar surface area (TPSA) is 0 Å². The van der Waals surface area contributed by atoms with E-state index in [0.29, 0.717) is 0 Å². The molecule has 0 N–H and O–H groups in total. The second-order valence-corrected chi connectivity index (χ2v) is 4.44. The first-order chi connectivity index (χ1) is 4.93. The molecule has 0 aliphatic rings. The Balaban J connectivity index is 2.67. The maximum absolute atomic E-state index is 3.53. The number of rotatable bonds is 2. The third-order valence-electron chi connectivity index (χ3n) is 1.02. The van der Waals surface area contributed by atoms with Crippen molar-refractivity contribution < 1.29 is 0 Å². The summed E-state index contributed by atoms with van der Waals surface area (Å²) in [6.45, 7) is 3.53. The van der Waals surface area contributed by atoms with Crippen molar-refractivity contribution in [2.45, 2.75) is 0 Å². The van der Waals surface area contributed by atoms with Gasteiger partial charge in [0, 0.05) is 0 Å². The van der Waals surface area contributed by atoms with E-state index < -0.39 is 0 Å². The molecule has 0 saturated carbocycles. The van der Waals surface area contributed by atoms with Crippen LogP contribution in [0.3, 0.4) is 0 Å². The van der Waals surface area contributed by atoms with Crippen molar-refractivity contribution >= 4 is 24.5 Å². The standard InChI is InChI=1S/C9H8Te/c1-2-8-10-9-6-4-3-5-7-9/h3-8H,1H2. The molecule has 0 atom stereocenters. The van der Waals surface area contributed by atoms with E-state index in [-0.39, 0.29) is 20.9 Å². The van der Waals surface area contributed by atoms with Gasteiger partial charge in [-0.2, -0.15) is 0 Å². The zero-order chi connectivity index (χ0) is 7.23. The molecule has 0 saturated heterocycles. The van der Waals surface area contributed by atoms with Crippen molar-refractivity contribution in [2.24, 2.45) is 0 Å². The van der Waals surface area contributed by atoms with Crippen molar-refractivity contribution in [3.8, 4) is 0 Å². The van der Waals surface area contributed by atoms with Gasteiger partial charge in [0.05, 0.1) is 0 Å². The molecule has 0 unspecified atom stereocenters. The van der Waals surface area contributed by atoms with Gasteiger partial charge >= 0.3 is 71.3 Å². The van der Waals surface area contributed by atoms with Gasteiger partial charge in [0.25, 0.3) is 0 Å². The Labute approximate surface area is 71.3 Å². The molecule has 0 radical (unpaired) electrons. The Kier molecular flexibility index (Phi) is 3.33. The first kappa shape index (κ1) is 7.63. The average molecular weight is 244 g/mol. The summed E-state index contributed by atoms with van der Waals surface area (Å²) in [7, 11) is 0. The summed E-state index contributed by atoms with van der Waals surface area (Å²) in [6.07, 6.45) is 0. The molecule has 10 heavy (non-hydrogen) atoms. The molecule has 0 amide bonds. The van der Waals surface area contributed by atoms with Crippen molar-refractivity contribution in [3.05, 3.63) is 46.8 Å². The molecule has 0 spiro atoms. The van der Waals surface area contributed by atoms with Gasteiger partial charge in [-0.25, -0.2) is 0 Å². The van der Waals surface area contributed by atoms with Crippen LogP contribution in [0.25, 0.3) is 0 Å². The van der Waals surface area contributed by atoms with Crippen LogP contribution in [0.4, 0.5) is 0 Å². The quantitative estimate of drug-likeness (QED) is 0.543. The second-order valence-electron chi connectivity index (χ2n) is 1.75. The Bertz CT molecular complexity index is 232. The molecule has 0 aliphatic heterocycles. The monoisotopic (exact) mass is 246 g/mol. The average Bonchev–Trinajstić information content (AvgIpc) is 2.03. The molecule has 50 valence electrons. The summed E-state index contributed by atoms with van der Waals surface area (Å²) in [5.74, 6) is 0. The van der Waals surface area contributed by atoms with Gasteiger partial charge in [0.2, 0.25) is 0 Å². The van der Waals surface area contributed by atoms with Crippen LogP contribution in [0.2, 0.25) is 0 Å². The molecule has 0 aliphatic carbocycles. The van der Waals surface area contributed by atoms with Crippen LogP contribution < -0.4 is 3.61 Å². The van der Waals surface area contributed by atoms with Crippen LogP contribution in [0, 0.1) is 0 Å². The van der Waals surface area contributed by atoms with Crippen LogP contribution in [-0.2, 0) is 0 Å². The van der Waals surface area contributed by atoms with E-state index in [1.165, 1.54) is 3.61 Å². The van der Waals surface area contributed by atoms with E-state index in [9.17, 15) is 0 Å². The first-order valence-electron chi connectivity index (χ1n) is 2.99. The van der Waals surface area contributed by atoms with Crippen LogP contribution in [0.15, 0.2) is 46.8 Å². The van der Waals surface area contributed by atoms with Gasteiger partial charge in [-0.05, 0) is 0 Å². The molecule has 0 fully saturated rings. The predicted molar refractivity (Wildman–Crippen MR) is 45.5 cm³/mol. The zero-order valence-corrected chi connectivity index (χ0v) is 7.91. The fourth-order valence-corrected chi connectivity index (χ4v) is 2.13. The third-order valence-corrected chi connectivity index (χ3v) is 3.39. The van der Waals surface area contributed by atoms with Crippen molar-refractivity contribution in [2.75, 3.05) is 0 Å². The number of hydrogen-bond acceptors (Lipinski definition) is 0. The normalized spacial score (nSPS) is 8.40. The fraction of sp³-hybridized carbons (Fsp3) is 0. The number of benzene rings is 1. The molecular formula is C9H8Te. The molecule has 0 bridgehead atoms. The minimum absolute atomic E-state index is 0.137. The zero-order valence-electron chi connectivity index (χ0n) is 5.58. The molecule has 1 aromatic carbocycles. The van der Waals surface area contributed by atoms with E-state index in [0.717, 1.165) is 0 Å². The molecule has 1 heteroatoms. The van der Waals surface area contributed by atoms with Gasteiger partial charge in [-0.15, -0.1) is 0 Å². The molecular weight excluding hydrogens is 236 g/mol. The van der Waals surface area contributed by atoms with Gasteiger partial charge in [-0.3, -0.25) is 0 Å². The molecule has 0 aromatic heterocycles. The number of hydrogen-bond donors (Lipinski definition) is 0. The summed E-state index contributed by atoms with van der Waals surface area (Å²) in [6, 6.07) is 10.5. The molecule has 0 nitrogen and oxygen atoms in total. The Morgan fingerprint density at radius 3 is 2.60 bits per heavy atom. The molecule has 0 heterocycles.